The van der Waals surface area contributed by atoms with Crippen molar-refractivity contribution in [2.45, 2.75) is 4.90 Å². The van der Waals surface area contributed by atoms with Gasteiger partial charge in [-0.15, -0.1) is 11.3 Å². The first-order valence-corrected chi connectivity index (χ1v) is 5.81. The first-order valence-electron chi connectivity index (χ1n) is 4.12. The summed E-state index contributed by atoms with van der Waals surface area (Å²) in [6, 6.07) is 8.07. The molecule has 1 nitrogen and oxygen atoms in total. The normalized spacial score (nSPS) is 10.3. The Balaban J connectivity index is 2.36. The summed E-state index contributed by atoms with van der Waals surface area (Å²) >= 11 is 2.89. The van der Waals surface area contributed by atoms with E-state index < -0.39 is 0 Å². The lowest BCUT2D eigenvalue weighted by Crippen LogP contribution is -1.82. The maximum absolute atomic E-state index is 11.2. The van der Waals surface area contributed by atoms with Crippen molar-refractivity contribution in [3.8, 4) is 10.4 Å². The van der Waals surface area contributed by atoms with E-state index in [1.54, 1.807) is 11.3 Å². The number of hydrogen-bond acceptors (Lipinski definition) is 3. The van der Waals surface area contributed by atoms with E-state index in [1.165, 1.54) is 28.3 Å². The second-order valence-corrected chi connectivity index (χ2v) is 4.68. The van der Waals surface area contributed by atoms with Crippen molar-refractivity contribution in [2.75, 3.05) is 0 Å². The topological polar surface area (TPSA) is 17.1 Å². The zero-order valence-electron chi connectivity index (χ0n) is 7.40. The molecule has 0 aromatic carbocycles. The van der Waals surface area contributed by atoms with Gasteiger partial charge in [0.25, 0.3) is 0 Å². The minimum absolute atomic E-state index is 0.00597. The second kappa shape index (κ2) is 3.98. The molecule has 1 aliphatic carbocycles. The predicted octanol–water partition coefficient (Wildman–Crippen LogP) is 3.66. The predicted molar refractivity (Wildman–Crippen MR) is 62.0 cm³/mol. The Kier molecular flexibility index (Phi) is 2.70. The molecule has 0 fully saturated rings. The molecule has 0 radical (unpaired) electrons. The van der Waals surface area contributed by atoms with Crippen molar-refractivity contribution in [3.63, 3.8) is 0 Å². The summed E-state index contributed by atoms with van der Waals surface area (Å²) in [7, 11) is 0. The third-order valence-corrected chi connectivity index (χ3v) is 3.86. The van der Waals surface area contributed by atoms with Gasteiger partial charge in [0.05, 0.1) is 0 Å². The average Bonchev–Trinajstić information content (AvgIpc) is 2.62. The zero-order valence-corrected chi connectivity index (χ0v) is 9.03. The highest BCUT2D eigenvalue weighted by Gasteiger charge is 2.11. The smallest absolute Gasteiger partial charge is 0.216 e. The molecule has 1 heterocycles. The average molecular weight is 220 g/mol. The summed E-state index contributed by atoms with van der Waals surface area (Å²) in [5.74, 6) is 0. The van der Waals surface area contributed by atoms with Crippen LogP contribution in [0.1, 0.15) is 0 Å². The molecular weight excluding hydrogens is 212 g/mol. The van der Waals surface area contributed by atoms with Crippen molar-refractivity contribution in [3.05, 3.63) is 42.3 Å². The van der Waals surface area contributed by atoms with Gasteiger partial charge in [0.15, 0.2) is 0 Å². The van der Waals surface area contributed by atoms with Crippen LogP contribution in [0.25, 0.3) is 10.4 Å². The van der Waals surface area contributed by atoms with Gasteiger partial charge in [0.2, 0.25) is 5.12 Å². The highest BCUT2D eigenvalue weighted by atomic mass is 32.2. The second-order valence-electron chi connectivity index (χ2n) is 2.72. The Labute approximate surface area is 90.8 Å². The molecule has 0 N–H and O–H groups in total. The summed E-state index contributed by atoms with van der Waals surface area (Å²) in [6.07, 6.45) is 1.34. The van der Waals surface area contributed by atoms with Crippen molar-refractivity contribution in [2.24, 2.45) is 0 Å². The summed E-state index contributed by atoms with van der Waals surface area (Å²) < 4.78 is 0. The number of carbonyl (C=O) groups is 1. The van der Waals surface area contributed by atoms with Crippen LogP contribution in [0.15, 0.2) is 47.2 Å². The third-order valence-electron chi connectivity index (χ3n) is 1.82. The van der Waals surface area contributed by atoms with Gasteiger partial charge < -0.3 is 0 Å². The summed E-state index contributed by atoms with van der Waals surface area (Å²) in [5, 5.41) is 2.01. The van der Waals surface area contributed by atoms with Crippen LogP contribution in [0.4, 0.5) is 0 Å². The molecule has 1 aliphatic heterocycles. The Morgan fingerprint density at radius 1 is 1.43 bits per heavy atom. The molecule has 0 saturated heterocycles. The fourth-order valence-corrected chi connectivity index (χ4v) is 2.86. The maximum Gasteiger partial charge on any atom is 0.216 e. The van der Waals surface area contributed by atoms with E-state index >= 15 is 0 Å². The first kappa shape index (κ1) is 9.49. The van der Waals surface area contributed by atoms with Crippen LogP contribution in [-0.4, -0.2) is 5.12 Å². The van der Waals surface area contributed by atoms with Gasteiger partial charge >= 0.3 is 0 Å². The standard InChI is InChI=1S/C11H8OS2/c1-2-10(12)14-9-6-5-8-4-3-7-13-11(8)9/h2-7H,1H2. The molecule has 0 atom stereocenters. The van der Waals surface area contributed by atoms with Crippen molar-refractivity contribution >= 4 is 28.2 Å². The van der Waals surface area contributed by atoms with Crippen LogP contribution in [0, 0.1) is 0 Å². The number of fused-ring (bicyclic) bond motifs is 1. The quantitative estimate of drug-likeness (QED) is 0.567. The molecule has 0 aromatic heterocycles. The molecular formula is C11H8OS2. The van der Waals surface area contributed by atoms with E-state index in [-0.39, 0.29) is 5.12 Å². The third kappa shape index (κ3) is 1.74. The highest BCUT2D eigenvalue weighted by molar-refractivity contribution is 8.14. The first-order chi connectivity index (χ1) is 6.81. The fourth-order valence-electron chi connectivity index (χ4n) is 1.20. The van der Waals surface area contributed by atoms with Gasteiger partial charge in [-0.05, 0) is 34.8 Å². The van der Waals surface area contributed by atoms with Gasteiger partial charge in [0, 0.05) is 9.77 Å². The molecule has 0 unspecified atom stereocenters. The molecule has 0 amide bonds. The molecule has 0 saturated carbocycles. The summed E-state index contributed by atoms with van der Waals surface area (Å²) in [6.45, 7) is 3.45. The number of rotatable bonds is 2. The molecule has 0 spiro atoms. The van der Waals surface area contributed by atoms with E-state index in [0.29, 0.717) is 0 Å². The lowest BCUT2D eigenvalue weighted by Gasteiger charge is -1.99. The van der Waals surface area contributed by atoms with Crippen LogP contribution in [0.3, 0.4) is 0 Å². The van der Waals surface area contributed by atoms with Gasteiger partial charge in [-0.2, -0.15) is 0 Å². The number of hydrogen-bond donors (Lipinski definition) is 0. The Bertz CT molecular complexity index is 445. The van der Waals surface area contributed by atoms with Gasteiger partial charge in [-0.1, -0.05) is 24.8 Å². The van der Waals surface area contributed by atoms with E-state index in [4.69, 9.17) is 0 Å². The molecule has 70 valence electrons. The van der Waals surface area contributed by atoms with Crippen molar-refractivity contribution in [1.29, 1.82) is 0 Å². The summed E-state index contributed by atoms with van der Waals surface area (Å²) in [4.78, 5) is 13.4. The van der Waals surface area contributed by atoms with Crippen LogP contribution in [0.5, 0.6) is 0 Å². The van der Waals surface area contributed by atoms with E-state index in [9.17, 15) is 4.79 Å². The summed E-state index contributed by atoms with van der Waals surface area (Å²) in [5.41, 5.74) is 1.19. The highest BCUT2D eigenvalue weighted by Crippen LogP contribution is 2.37. The maximum atomic E-state index is 11.2. The minimum Gasteiger partial charge on any atom is -0.282 e. The van der Waals surface area contributed by atoms with Crippen molar-refractivity contribution in [1.82, 2.24) is 0 Å². The van der Waals surface area contributed by atoms with Crippen LogP contribution >= 0.6 is 23.1 Å². The lowest BCUT2D eigenvalue weighted by atomic mass is 10.3. The molecule has 3 heteroatoms. The lowest BCUT2D eigenvalue weighted by molar-refractivity contribution is -0.107. The van der Waals surface area contributed by atoms with Crippen molar-refractivity contribution < 1.29 is 4.79 Å². The van der Waals surface area contributed by atoms with Crippen LogP contribution < -0.4 is 0 Å². The molecule has 2 aliphatic rings. The monoisotopic (exact) mass is 220 g/mol. The van der Waals surface area contributed by atoms with Crippen LogP contribution in [0.2, 0.25) is 0 Å². The molecule has 0 bridgehead atoms. The van der Waals surface area contributed by atoms with Gasteiger partial charge in [-0.25, -0.2) is 0 Å². The van der Waals surface area contributed by atoms with E-state index in [0.717, 1.165) is 4.90 Å². The Morgan fingerprint density at radius 3 is 3.07 bits per heavy atom. The SMILES string of the molecule is C=CC(=O)Sc1ccc2cccsc1-2. The van der Waals surface area contributed by atoms with Gasteiger partial charge in [-0.3, -0.25) is 4.79 Å². The Hall–Kier alpha value is -1.06. The van der Waals surface area contributed by atoms with Crippen LogP contribution in [-0.2, 0) is 4.79 Å². The van der Waals surface area contributed by atoms with E-state index in [2.05, 4.69) is 6.58 Å². The van der Waals surface area contributed by atoms with E-state index in [1.807, 2.05) is 29.6 Å². The number of carbonyl (C=O) groups excluding carboxylic acids is 1. The molecule has 14 heavy (non-hydrogen) atoms. The molecule has 2 rings (SSSR count). The van der Waals surface area contributed by atoms with Gasteiger partial charge in [0.1, 0.15) is 0 Å². The largest absolute Gasteiger partial charge is 0.282 e. The minimum atomic E-state index is -0.00597. The molecule has 0 aromatic rings. The fraction of sp³-hybridized carbons (Fsp3) is 0. The number of thioether (sulfide) groups is 1. The Morgan fingerprint density at radius 2 is 2.29 bits per heavy atom. The zero-order chi connectivity index (χ0) is 9.97.